The lowest BCUT2D eigenvalue weighted by molar-refractivity contribution is 0.0746. The van der Waals surface area contributed by atoms with Crippen molar-refractivity contribution in [2.75, 3.05) is 11.9 Å². The Bertz CT molecular complexity index is 849. The third kappa shape index (κ3) is 4.61. The normalized spacial score (nSPS) is 10.4. The predicted molar refractivity (Wildman–Crippen MR) is 106 cm³/mol. The minimum atomic E-state index is -0.0746. The molecule has 2 aromatic carbocycles. The van der Waals surface area contributed by atoms with Gasteiger partial charge in [-0.15, -0.1) is 0 Å². The standard InChI is InChI=1S/C21H20ClN3O/c1-2-25(15-16-6-4-3-5-7-16)21(26)20-13-12-19(14-23-20)24-18-10-8-17(22)9-11-18/h3-14,24H,2,15H2,1H3. The fraction of sp³-hybridized carbons (Fsp3) is 0.143. The van der Waals surface area contributed by atoms with Gasteiger partial charge in [0.1, 0.15) is 5.69 Å². The van der Waals surface area contributed by atoms with Gasteiger partial charge in [-0.25, -0.2) is 4.98 Å². The summed E-state index contributed by atoms with van der Waals surface area (Å²) in [6.07, 6.45) is 1.66. The summed E-state index contributed by atoms with van der Waals surface area (Å²) in [6, 6.07) is 21.0. The molecule has 0 saturated carbocycles. The maximum atomic E-state index is 12.7. The van der Waals surface area contributed by atoms with E-state index in [1.54, 1.807) is 17.2 Å². The van der Waals surface area contributed by atoms with Gasteiger partial charge in [-0.3, -0.25) is 4.79 Å². The molecule has 1 heterocycles. The molecular weight excluding hydrogens is 346 g/mol. The summed E-state index contributed by atoms with van der Waals surface area (Å²) in [7, 11) is 0. The van der Waals surface area contributed by atoms with Gasteiger partial charge in [0.05, 0.1) is 11.9 Å². The first-order valence-corrected chi connectivity index (χ1v) is 8.85. The van der Waals surface area contributed by atoms with Gasteiger partial charge in [-0.1, -0.05) is 41.9 Å². The van der Waals surface area contributed by atoms with Crippen LogP contribution in [0.3, 0.4) is 0 Å². The van der Waals surface area contributed by atoms with Crippen LogP contribution in [0, 0.1) is 0 Å². The molecule has 3 aromatic rings. The summed E-state index contributed by atoms with van der Waals surface area (Å²) < 4.78 is 0. The van der Waals surface area contributed by atoms with Gasteiger partial charge in [0, 0.05) is 23.8 Å². The molecule has 4 nitrogen and oxygen atoms in total. The maximum Gasteiger partial charge on any atom is 0.272 e. The fourth-order valence-electron chi connectivity index (χ4n) is 2.59. The van der Waals surface area contributed by atoms with E-state index in [-0.39, 0.29) is 5.91 Å². The van der Waals surface area contributed by atoms with Crippen molar-refractivity contribution in [2.45, 2.75) is 13.5 Å². The van der Waals surface area contributed by atoms with Gasteiger partial charge in [-0.2, -0.15) is 0 Å². The molecule has 0 fully saturated rings. The molecule has 3 rings (SSSR count). The van der Waals surface area contributed by atoms with Crippen molar-refractivity contribution in [1.29, 1.82) is 0 Å². The molecule has 0 bridgehead atoms. The summed E-state index contributed by atoms with van der Waals surface area (Å²) in [5.41, 5.74) is 3.26. The zero-order chi connectivity index (χ0) is 18.4. The highest BCUT2D eigenvalue weighted by Crippen LogP contribution is 2.19. The number of halogens is 1. The number of anilines is 2. The smallest absolute Gasteiger partial charge is 0.272 e. The molecule has 26 heavy (non-hydrogen) atoms. The fourth-order valence-corrected chi connectivity index (χ4v) is 2.71. The summed E-state index contributed by atoms with van der Waals surface area (Å²) >= 11 is 5.89. The van der Waals surface area contributed by atoms with Crippen LogP contribution in [0.4, 0.5) is 11.4 Å². The number of hydrogen-bond donors (Lipinski definition) is 1. The van der Waals surface area contributed by atoms with Crippen molar-refractivity contribution in [3.63, 3.8) is 0 Å². The SMILES string of the molecule is CCN(Cc1ccccc1)C(=O)c1ccc(Nc2ccc(Cl)cc2)cn1. The highest BCUT2D eigenvalue weighted by Gasteiger charge is 2.15. The zero-order valence-electron chi connectivity index (χ0n) is 14.5. The molecule has 0 atom stereocenters. The van der Waals surface area contributed by atoms with E-state index >= 15 is 0 Å². The molecule has 1 N–H and O–H groups in total. The molecular formula is C21H20ClN3O. The Morgan fingerprint density at radius 2 is 1.69 bits per heavy atom. The first-order chi connectivity index (χ1) is 12.7. The molecule has 132 valence electrons. The van der Waals surface area contributed by atoms with E-state index in [0.717, 1.165) is 16.9 Å². The molecule has 0 radical (unpaired) electrons. The second-order valence-electron chi connectivity index (χ2n) is 5.87. The third-order valence-corrected chi connectivity index (χ3v) is 4.25. The Kier molecular flexibility index (Phi) is 5.87. The van der Waals surface area contributed by atoms with Crippen LogP contribution in [0.2, 0.25) is 5.02 Å². The maximum absolute atomic E-state index is 12.7. The highest BCUT2D eigenvalue weighted by atomic mass is 35.5. The van der Waals surface area contributed by atoms with Gasteiger partial charge in [0.2, 0.25) is 0 Å². The van der Waals surface area contributed by atoms with Crippen molar-refractivity contribution in [2.24, 2.45) is 0 Å². The molecule has 0 aliphatic rings. The van der Waals surface area contributed by atoms with Crippen molar-refractivity contribution in [3.8, 4) is 0 Å². The monoisotopic (exact) mass is 365 g/mol. The largest absolute Gasteiger partial charge is 0.354 e. The van der Waals surface area contributed by atoms with E-state index in [1.807, 2.05) is 67.6 Å². The van der Waals surface area contributed by atoms with E-state index < -0.39 is 0 Å². The summed E-state index contributed by atoms with van der Waals surface area (Å²) in [4.78, 5) is 18.8. The van der Waals surface area contributed by atoms with Gasteiger partial charge in [0.25, 0.3) is 5.91 Å². The lowest BCUT2D eigenvalue weighted by Gasteiger charge is -2.20. The topological polar surface area (TPSA) is 45.2 Å². The molecule has 0 aliphatic heterocycles. The average Bonchev–Trinajstić information content (AvgIpc) is 2.69. The second kappa shape index (κ2) is 8.50. The van der Waals surface area contributed by atoms with Crippen LogP contribution in [-0.4, -0.2) is 22.3 Å². The summed E-state index contributed by atoms with van der Waals surface area (Å²) in [6.45, 7) is 3.17. The number of hydrogen-bond acceptors (Lipinski definition) is 3. The quantitative estimate of drug-likeness (QED) is 0.657. The van der Waals surface area contributed by atoms with Gasteiger partial charge in [-0.05, 0) is 48.9 Å². The number of carbonyl (C=O) groups is 1. The number of benzene rings is 2. The number of amides is 1. The second-order valence-corrected chi connectivity index (χ2v) is 6.31. The van der Waals surface area contributed by atoms with Crippen molar-refractivity contribution in [3.05, 3.63) is 89.2 Å². The summed E-state index contributed by atoms with van der Waals surface area (Å²) in [5, 5.41) is 3.92. The van der Waals surface area contributed by atoms with Crippen LogP contribution >= 0.6 is 11.6 Å². The van der Waals surface area contributed by atoms with Crippen LogP contribution in [0.15, 0.2) is 72.9 Å². The van der Waals surface area contributed by atoms with E-state index in [0.29, 0.717) is 23.8 Å². The Morgan fingerprint density at radius 1 is 1.00 bits per heavy atom. The first kappa shape index (κ1) is 18.0. The van der Waals surface area contributed by atoms with Gasteiger partial charge >= 0.3 is 0 Å². The van der Waals surface area contributed by atoms with Crippen LogP contribution in [0.5, 0.6) is 0 Å². The predicted octanol–water partition coefficient (Wildman–Crippen LogP) is 5.14. The Balaban J connectivity index is 1.68. The molecule has 0 unspecified atom stereocenters. The Hall–Kier alpha value is -2.85. The van der Waals surface area contributed by atoms with Gasteiger partial charge < -0.3 is 10.2 Å². The number of aromatic nitrogens is 1. The van der Waals surface area contributed by atoms with Crippen molar-refractivity contribution < 1.29 is 4.79 Å². The van der Waals surface area contributed by atoms with Crippen molar-refractivity contribution >= 4 is 28.9 Å². The lowest BCUT2D eigenvalue weighted by atomic mass is 10.2. The Labute approximate surface area is 158 Å². The van der Waals surface area contributed by atoms with E-state index in [4.69, 9.17) is 11.6 Å². The number of nitrogens with zero attached hydrogens (tertiary/aromatic N) is 2. The molecule has 0 spiro atoms. The minimum Gasteiger partial charge on any atom is -0.354 e. The third-order valence-electron chi connectivity index (χ3n) is 4.00. The van der Waals surface area contributed by atoms with Crippen molar-refractivity contribution in [1.82, 2.24) is 9.88 Å². The average molecular weight is 366 g/mol. The number of carbonyl (C=O) groups excluding carboxylic acids is 1. The molecule has 0 aliphatic carbocycles. The molecule has 5 heteroatoms. The minimum absolute atomic E-state index is 0.0746. The molecule has 1 aromatic heterocycles. The Morgan fingerprint density at radius 3 is 2.31 bits per heavy atom. The molecule has 1 amide bonds. The number of rotatable bonds is 6. The van der Waals surface area contributed by atoms with E-state index in [2.05, 4.69) is 10.3 Å². The lowest BCUT2D eigenvalue weighted by Crippen LogP contribution is -2.30. The zero-order valence-corrected chi connectivity index (χ0v) is 15.3. The van der Waals surface area contributed by atoms with Crippen LogP contribution in [0.25, 0.3) is 0 Å². The van der Waals surface area contributed by atoms with E-state index in [9.17, 15) is 4.79 Å². The van der Waals surface area contributed by atoms with E-state index in [1.165, 1.54) is 0 Å². The highest BCUT2D eigenvalue weighted by molar-refractivity contribution is 6.30. The van der Waals surface area contributed by atoms with Crippen LogP contribution in [-0.2, 0) is 6.54 Å². The molecule has 0 saturated heterocycles. The van der Waals surface area contributed by atoms with Crippen LogP contribution in [0.1, 0.15) is 23.0 Å². The van der Waals surface area contributed by atoms with Gasteiger partial charge in [0.15, 0.2) is 0 Å². The first-order valence-electron chi connectivity index (χ1n) is 8.47. The number of nitrogens with one attached hydrogen (secondary N) is 1. The van der Waals surface area contributed by atoms with Crippen LogP contribution < -0.4 is 5.32 Å². The number of pyridine rings is 1. The summed E-state index contributed by atoms with van der Waals surface area (Å²) in [5.74, 6) is -0.0746.